The summed E-state index contributed by atoms with van der Waals surface area (Å²) in [6.45, 7) is 3.01. The molecule has 0 saturated heterocycles. The zero-order valence-corrected chi connectivity index (χ0v) is 17.3. The second kappa shape index (κ2) is 7.23. The van der Waals surface area contributed by atoms with Gasteiger partial charge in [-0.05, 0) is 30.3 Å². The predicted molar refractivity (Wildman–Crippen MR) is 112 cm³/mol. The standard InChI is InChI=1S/C25H18O7/c1-3-23(27)30-16-9-11-20-22(13-16)31-21-12-15(29-14(2)26)8-10-19(21)25(20)18-7-5-4-6-17(18)24(28)32-25/h4-13H,3H2,1-2H3. The molecule has 3 aromatic rings. The van der Waals surface area contributed by atoms with Gasteiger partial charge in [0.15, 0.2) is 5.60 Å². The van der Waals surface area contributed by atoms with Gasteiger partial charge >= 0.3 is 17.9 Å². The summed E-state index contributed by atoms with van der Waals surface area (Å²) in [5.74, 6) is 0.0185. The van der Waals surface area contributed by atoms with Crippen molar-refractivity contribution in [3.05, 3.63) is 82.9 Å². The number of ether oxygens (including phenoxy) is 4. The van der Waals surface area contributed by atoms with Crippen LogP contribution in [0.15, 0.2) is 60.7 Å². The van der Waals surface area contributed by atoms with E-state index in [1.54, 1.807) is 55.5 Å². The second-order valence-corrected chi connectivity index (χ2v) is 7.46. The van der Waals surface area contributed by atoms with E-state index in [0.29, 0.717) is 45.3 Å². The van der Waals surface area contributed by atoms with Gasteiger partial charge in [-0.15, -0.1) is 0 Å². The van der Waals surface area contributed by atoms with Gasteiger partial charge in [0.2, 0.25) is 0 Å². The van der Waals surface area contributed by atoms with E-state index in [4.69, 9.17) is 18.9 Å². The molecule has 5 rings (SSSR count). The van der Waals surface area contributed by atoms with E-state index in [0.717, 1.165) is 0 Å². The molecule has 2 heterocycles. The molecule has 1 atom stereocenters. The number of carbonyl (C=O) groups excluding carboxylic acids is 3. The fourth-order valence-corrected chi connectivity index (χ4v) is 4.13. The lowest BCUT2D eigenvalue weighted by Gasteiger charge is -2.36. The summed E-state index contributed by atoms with van der Waals surface area (Å²) in [6, 6.07) is 17.0. The summed E-state index contributed by atoms with van der Waals surface area (Å²) in [6.07, 6.45) is 0.224. The van der Waals surface area contributed by atoms with E-state index in [2.05, 4.69) is 0 Å². The van der Waals surface area contributed by atoms with Crippen molar-refractivity contribution in [2.75, 3.05) is 0 Å². The van der Waals surface area contributed by atoms with Crippen molar-refractivity contribution >= 4 is 17.9 Å². The quantitative estimate of drug-likeness (QED) is 0.447. The molecule has 32 heavy (non-hydrogen) atoms. The van der Waals surface area contributed by atoms with Crippen LogP contribution in [0.25, 0.3) is 0 Å². The fraction of sp³-hybridized carbons (Fsp3) is 0.160. The van der Waals surface area contributed by atoms with E-state index in [1.807, 2.05) is 12.1 Å². The Balaban J connectivity index is 1.73. The SMILES string of the molecule is CCC(=O)Oc1ccc2c(c1)Oc1cc(OC(C)=O)ccc1C21OC(=O)c2ccccc21. The lowest BCUT2D eigenvalue weighted by Crippen LogP contribution is -2.33. The zero-order valence-electron chi connectivity index (χ0n) is 17.3. The lowest BCUT2D eigenvalue weighted by atomic mass is 9.77. The van der Waals surface area contributed by atoms with Gasteiger partial charge in [-0.3, -0.25) is 9.59 Å². The number of fused-ring (bicyclic) bond motifs is 6. The van der Waals surface area contributed by atoms with Crippen LogP contribution in [0.1, 0.15) is 47.3 Å². The zero-order chi connectivity index (χ0) is 22.5. The third-order valence-corrected chi connectivity index (χ3v) is 5.44. The summed E-state index contributed by atoms with van der Waals surface area (Å²) in [7, 11) is 0. The average molecular weight is 430 g/mol. The van der Waals surface area contributed by atoms with Crippen molar-refractivity contribution < 1.29 is 33.3 Å². The van der Waals surface area contributed by atoms with Crippen molar-refractivity contribution in [2.45, 2.75) is 25.9 Å². The Morgan fingerprint density at radius 1 is 0.875 bits per heavy atom. The number of hydrogen-bond acceptors (Lipinski definition) is 7. The Morgan fingerprint density at radius 3 is 2.12 bits per heavy atom. The maximum atomic E-state index is 12.8. The van der Waals surface area contributed by atoms with Gasteiger partial charge in [0.05, 0.1) is 5.56 Å². The number of benzene rings is 3. The molecule has 0 aliphatic carbocycles. The summed E-state index contributed by atoms with van der Waals surface area (Å²) < 4.78 is 22.7. The Hall–Kier alpha value is -4.13. The molecule has 0 fully saturated rings. The number of esters is 3. The highest BCUT2D eigenvalue weighted by atomic mass is 16.6. The van der Waals surface area contributed by atoms with E-state index < -0.39 is 17.5 Å². The van der Waals surface area contributed by atoms with E-state index in [1.165, 1.54) is 6.92 Å². The largest absolute Gasteiger partial charge is 0.456 e. The summed E-state index contributed by atoms with van der Waals surface area (Å²) in [5.41, 5.74) is 1.07. The van der Waals surface area contributed by atoms with E-state index in [9.17, 15) is 14.4 Å². The summed E-state index contributed by atoms with van der Waals surface area (Å²) >= 11 is 0. The normalized spacial score (nSPS) is 17.5. The van der Waals surface area contributed by atoms with Crippen LogP contribution in [-0.4, -0.2) is 17.9 Å². The summed E-state index contributed by atoms with van der Waals surface area (Å²) in [4.78, 5) is 36.0. The highest BCUT2D eigenvalue weighted by Crippen LogP contribution is 2.57. The van der Waals surface area contributed by atoms with Crippen LogP contribution in [-0.2, 0) is 19.9 Å². The molecule has 0 saturated carbocycles. The van der Waals surface area contributed by atoms with Gasteiger partial charge in [-0.2, -0.15) is 0 Å². The molecule has 0 amide bonds. The van der Waals surface area contributed by atoms with Crippen LogP contribution in [0.4, 0.5) is 0 Å². The molecular weight excluding hydrogens is 412 g/mol. The van der Waals surface area contributed by atoms with Gasteiger partial charge < -0.3 is 18.9 Å². The van der Waals surface area contributed by atoms with E-state index >= 15 is 0 Å². The van der Waals surface area contributed by atoms with Crippen LogP contribution < -0.4 is 14.2 Å². The molecule has 0 aromatic heterocycles. The van der Waals surface area contributed by atoms with Crippen molar-refractivity contribution in [3.63, 3.8) is 0 Å². The number of carbonyl (C=O) groups is 3. The third kappa shape index (κ3) is 2.93. The maximum Gasteiger partial charge on any atom is 0.340 e. The monoisotopic (exact) mass is 430 g/mol. The minimum atomic E-state index is -1.25. The molecule has 0 radical (unpaired) electrons. The van der Waals surface area contributed by atoms with Gasteiger partial charge in [-0.1, -0.05) is 25.1 Å². The van der Waals surface area contributed by atoms with Crippen LogP contribution in [0.3, 0.4) is 0 Å². The Bertz CT molecular complexity index is 1290. The van der Waals surface area contributed by atoms with Crippen LogP contribution >= 0.6 is 0 Å². The molecule has 0 bridgehead atoms. The van der Waals surface area contributed by atoms with Crippen LogP contribution in [0, 0.1) is 0 Å². The van der Waals surface area contributed by atoms with Gasteiger partial charge in [0.1, 0.15) is 23.0 Å². The Morgan fingerprint density at radius 2 is 1.50 bits per heavy atom. The lowest BCUT2D eigenvalue weighted by molar-refractivity contribution is -0.134. The first-order chi connectivity index (χ1) is 15.4. The Labute approximate surface area is 183 Å². The fourth-order valence-electron chi connectivity index (χ4n) is 4.13. The minimum absolute atomic E-state index is 0.224. The molecule has 2 aliphatic heterocycles. The first-order valence-corrected chi connectivity index (χ1v) is 10.1. The van der Waals surface area contributed by atoms with Crippen molar-refractivity contribution in [3.8, 4) is 23.0 Å². The number of rotatable bonds is 3. The van der Waals surface area contributed by atoms with Gasteiger partial charge in [0, 0.05) is 42.2 Å². The topological polar surface area (TPSA) is 88.1 Å². The molecule has 7 nitrogen and oxygen atoms in total. The first-order valence-electron chi connectivity index (χ1n) is 10.1. The van der Waals surface area contributed by atoms with Crippen molar-refractivity contribution in [1.29, 1.82) is 0 Å². The van der Waals surface area contributed by atoms with Gasteiger partial charge in [0.25, 0.3) is 0 Å². The average Bonchev–Trinajstić information content (AvgIpc) is 3.06. The third-order valence-electron chi connectivity index (χ3n) is 5.44. The molecule has 1 unspecified atom stereocenters. The molecule has 3 aromatic carbocycles. The minimum Gasteiger partial charge on any atom is -0.456 e. The maximum absolute atomic E-state index is 12.8. The molecule has 160 valence electrons. The molecule has 0 N–H and O–H groups in total. The van der Waals surface area contributed by atoms with Crippen LogP contribution in [0.2, 0.25) is 0 Å². The predicted octanol–water partition coefficient (Wildman–Crippen LogP) is 4.50. The highest BCUT2D eigenvalue weighted by Gasteiger charge is 2.53. The second-order valence-electron chi connectivity index (χ2n) is 7.46. The van der Waals surface area contributed by atoms with Crippen molar-refractivity contribution in [1.82, 2.24) is 0 Å². The van der Waals surface area contributed by atoms with Gasteiger partial charge in [-0.25, -0.2) is 4.79 Å². The Kier molecular flexibility index (Phi) is 4.48. The highest BCUT2D eigenvalue weighted by molar-refractivity contribution is 5.97. The van der Waals surface area contributed by atoms with Crippen molar-refractivity contribution in [2.24, 2.45) is 0 Å². The molecular formula is C25H18O7. The smallest absolute Gasteiger partial charge is 0.340 e. The van der Waals surface area contributed by atoms with E-state index in [-0.39, 0.29) is 12.4 Å². The molecule has 1 spiro atoms. The molecule has 2 aliphatic rings. The summed E-state index contributed by atoms with van der Waals surface area (Å²) in [5, 5.41) is 0. The first kappa shape index (κ1) is 19.8. The molecule has 7 heteroatoms. The van der Waals surface area contributed by atoms with Crippen LogP contribution in [0.5, 0.6) is 23.0 Å². The number of hydrogen-bond donors (Lipinski definition) is 0.